The van der Waals surface area contributed by atoms with Crippen LogP contribution in [0.2, 0.25) is 0 Å². The van der Waals surface area contributed by atoms with Gasteiger partial charge in [0.25, 0.3) is 0 Å². The average molecular weight is 333 g/mol. The van der Waals surface area contributed by atoms with E-state index in [0.717, 1.165) is 31.2 Å². The van der Waals surface area contributed by atoms with Gasteiger partial charge in [0.1, 0.15) is 0 Å². The summed E-state index contributed by atoms with van der Waals surface area (Å²) >= 11 is 0. The topological polar surface area (TPSA) is 82.0 Å². The van der Waals surface area contributed by atoms with Crippen molar-refractivity contribution in [2.24, 2.45) is 0 Å². The van der Waals surface area contributed by atoms with Gasteiger partial charge >= 0.3 is 6.03 Å². The van der Waals surface area contributed by atoms with Crippen LogP contribution >= 0.6 is 0 Å². The molecule has 1 aliphatic carbocycles. The van der Waals surface area contributed by atoms with Crippen molar-refractivity contribution < 1.29 is 9.00 Å². The molecule has 6 heteroatoms. The van der Waals surface area contributed by atoms with Crippen molar-refractivity contribution in [2.45, 2.75) is 50.4 Å². The van der Waals surface area contributed by atoms with Gasteiger partial charge in [0, 0.05) is 29.1 Å². The minimum atomic E-state index is -0.883. The lowest BCUT2D eigenvalue weighted by Crippen LogP contribution is -2.50. The summed E-state index contributed by atoms with van der Waals surface area (Å²) < 4.78 is 12.1. The van der Waals surface area contributed by atoms with Gasteiger partial charge in [-0.25, -0.2) is 4.79 Å². The maximum Gasteiger partial charge on any atom is 0.315 e. The van der Waals surface area contributed by atoms with Gasteiger partial charge in [-0.3, -0.25) is 4.21 Å². The molecule has 0 bridgehead atoms. The number of hydrogen-bond acceptors (Lipinski definition) is 3. The molecule has 124 valence electrons. The molecule has 1 fully saturated rings. The van der Waals surface area contributed by atoms with Crippen LogP contribution in [0.4, 0.5) is 4.79 Å². The second kappa shape index (κ2) is 8.68. The molecular weight excluding hydrogens is 310 g/mol. The standard InChI is InChI=1S/C17H23N3O2S/c1-2-23(22)16-9-4-3-8-15(16)20-17(21)19-12-14-7-5-6-13(10-14)11-18/h5-7,10,15-16H,2-4,8-9,12H2,1H3,(H2,19,20,21)/t15-,16+,23+/m1/s1. The van der Waals surface area contributed by atoms with E-state index in [1.165, 1.54) is 0 Å². The largest absolute Gasteiger partial charge is 0.334 e. The highest BCUT2D eigenvalue weighted by Crippen LogP contribution is 2.23. The Balaban J connectivity index is 1.88. The molecule has 1 aliphatic rings. The zero-order valence-corrected chi connectivity index (χ0v) is 14.2. The summed E-state index contributed by atoms with van der Waals surface area (Å²) in [5, 5.41) is 14.7. The van der Waals surface area contributed by atoms with Crippen LogP contribution in [0.1, 0.15) is 43.7 Å². The Labute approximate surface area is 139 Å². The molecule has 23 heavy (non-hydrogen) atoms. The molecule has 0 aliphatic heterocycles. The van der Waals surface area contributed by atoms with Gasteiger partial charge in [0.2, 0.25) is 0 Å². The predicted octanol–water partition coefficient (Wildman–Crippen LogP) is 2.44. The molecule has 0 saturated heterocycles. The molecule has 2 amide bonds. The number of nitrogens with one attached hydrogen (secondary N) is 2. The molecule has 5 nitrogen and oxygen atoms in total. The summed E-state index contributed by atoms with van der Waals surface area (Å²) in [6, 6.07) is 8.99. The van der Waals surface area contributed by atoms with Crippen molar-refractivity contribution in [3.05, 3.63) is 35.4 Å². The van der Waals surface area contributed by atoms with Crippen molar-refractivity contribution in [3.63, 3.8) is 0 Å². The Morgan fingerprint density at radius 1 is 1.39 bits per heavy atom. The molecule has 3 atom stereocenters. The van der Waals surface area contributed by atoms with E-state index in [9.17, 15) is 9.00 Å². The van der Waals surface area contributed by atoms with E-state index in [0.29, 0.717) is 17.9 Å². The molecule has 0 aromatic heterocycles. The lowest BCUT2D eigenvalue weighted by molar-refractivity contribution is 0.232. The van der Waals surface area contributed by atoms with Gasteiger partial charge in [0.15, 0.2) is 0 Å². The first-order valence-corrected chi connectivity index (χ1v) is 9.42. The summed E-state index contributed by atoms with van der Waals surface area (Å²) in [6.07, 6.45) is 3.94. The van der Waals surface area contributed by atoms with Crippen molar-refractivity contribution in [2.75, 3.05) is 5.75 Å². The van der Waals surface area contributed by atoms with Gasteiger partial charge in [-0.15, -0.1) is 0 Å². The van der Waals surface area contributed by atoms with Crippen molar-refractivity contribution >= 4 is 16.8 Å². The molecule has 1 saturated carbocycles. The Hall–Kier alpha value is -1.87. The Morgan fingerprint density at radius 3 is 2.91 bits per heavy atom. The zero-order valence-electron chi connectivity index (χ0n) is 13.4. The van der Waals surface area contributed by atoms with Crippen LogP contribution in [0.15, 0.2) is 24.3 Å². The fourth-order valence-corrected chi connectivity index (χ4v) is 4.37. The lowest BCUT2D eigenvalue weighted by atomic mass is 9.95. The molecule has 2 rings (SSSR count). The van der Waals surface area contributed by atoms with Crippen molar-refractivity contribution in [3.8, 4) is 6.07 Å². The van der Waals surface area contributed by atoms with Gasteiger partial charge < -0.3 is 10.6 Å². The lowest BCUT2D eigenvalue weighted by Gasteiger charge is -2.31. The van der Waals surface area contributed by atoms with Crippen LogP contribution in [0.3, 0.4) is 0 Å². The third-order valence-corrected chi connectivity index (χ3v) is 5.96. The highest BCUT2D eigenvalue weighted by Gasteiger charge is 2.30. The number of amides is 2. The normalized spacial score (nSPS) is 21.9. The Bertz CT molecular complexity index is 612. The van der Waals surface area contributed by atoms with E-state index in [4.69, 9.17) is 5.26 Å². The maximum atomic E-state index is 12.1. The smallest absolute Gasteiger partial charge is 0.315 e. The fraction of sp³-hybridized carbons (Fsp3) is 0.529. The minimum absolute atomic E-state index is 0.0185. The summed E-state index contributed by atoms with van der Waals surface area (Å²) in [4.78, 5) is 12.1. The second-order valence-electron chi connectivity index (χ2n) is 5.74. The third kappa shape index (κ3) is 5.07. The molecule has 1 aromatic rings. The molecule has 1 aromatic carbocycles. The first-order valence-electron chi connectivity index (χ1n) is 8.04. The Morgan fingerprint density at radius 2 is 2.17 bits per heavy atom. The minimum Gasteiger partial charge on any atom is -0.334 e. The van der Waals surface area contributed by atoms with E-state index >= 15 is 0 Å². The Kier molecular flexibility index (Phi) is 6.60. The number of nitrogens with zero attached hydrogens (tertiary/aromatic N) is 1. The molecular formula is C17H23N3O2S. The third-order valence-electron chi connectivity index (χ3n) is 4.15. The quantitative estimate of drug-likeness (QED) is 0.868. The number of benzene rings is 1. The number of rotatable bonds is 5. The highest BCUT2D eigenvalue weighted by molar-refractivity contribution is 7.85. The van der Waals surface area contributed by atoms with Crippen LogP contribution in [0, 0.1) is 11.3 Å². The number of hydrogen-bond donors (Lipinski definition) is 2. The molecule has 0 spiro atoms. The monoisotopic (exact) mass is 333 g/mol. The highest BCUT2D eigenvalue weighted by atomic mass is 32.2. The summed E-state index contributed by atoms with van der Waals surface area (Å²) in [7, 11) is -0.883. The van der Waals surface area contributed by atoms with Crippen molar-refractivity contribution in [1.29, 1.82) is 5.26 Å². The van der Waals surface area contributed by atoms with E-state index < -0.39 is 10.8 Å². The van der Waals surface area contributed by atoms with Gasteiger partial charge in [-0.05, 0) is 30.5 Å². The molecule has 2 N–H and O–H groups in total. The summed E-state index contributed by atoms with van der Waals surface area (Å²) in [6.45, 7) is 2.29. The second-order valence-corrected chi connectivity index (χ2v) is 7.68. The average Bonchev–Trinajstić information content (AvgIpc) is 2.60. The number of nitriles is 1. The predicted molar refractivity (Wildman–Crippen MR) is 91.3 cm³/mol. The van der Waals surface area contributed by atoms with Crippen LogP contribution in [-0.2, 0) is 17.3 Å². The number of carbonyl (C=O) groups is 1. The first kappa shape index (κ1) is 17.5. The first-order chi connectivity index (χ1) is 11.1. The number of carbonyl (C=O) groups excluding carboxylic acids is 1. The zero-order chi connectivity index (χ0) is 16.7. The van der Waals surface area contributed by atoms with E-state index in [2.05, 4.69) is 16.7 Å². The molecule has 0 heterocycles. The van der Waals surface area contributed by atoms with Gasteiger partial charge in [0.05, 0.1) is 16.9 Å². The fourth-order valence-electron chi connectivity index (χ4n) is 2.94. The van der Waals surface area contributed by atoms with E-state index in [-0.39, 0.29) is 17.3 Å². The molecule has 0 radical (unpaired) electrons. The summed E-state index contributed by atoms with van der Waals surface area (Å²) in [5.41, 5.74) is 1.46. The van der Waals surface area contributed by atoms with E-state index in [1.54, 1.807) is 18.2 Å². The SMILES string of the molecule is CC[S@](=O)[C@H]1CCCC[C@H]1NC(=O)NCc1cccc(C#N)c1. The summed E-state index contributed by atoms with van der Waals surface area (Å²) in [5.74, 6) is 0.630. The van der Waals surface area contributed by atoms with Crippen LogP contribution < -0.4 is 10.6 Å². The van der Waals surface area contributed by atoms with Crippen LogP contribution in [-0.4, -0.2) is 27.3 Å². The van der Waals surface area contributed by atoms with Gasteiger partial charge in [-0.1, -0.05) is 31.9 Å². The van der Waals surface area contributed by atoms with Crippen LogP contribution in [0.25, 0.3) is 0 Å². The van der Waals surface area contributed by atoms with Crippen molar-refractivity contribution in [1.82, 2.24) is 10.6 Å². The van der Waals surface area contributed by atoms with Crippen LogP contribution in [0.5, 0.6) is 0 Å². The van der Waals surface area contributed by atoms with E-state index in [1.807, 2.05) is 13.0 Å². The maximum absolute atomic E-state index is 12.1. The van der Waals surface area contributed by atoms with Gasteiger partial charge in [-0.2, -0.15) is 5.26 Å². The number of urea groups is 1. The molecule has 0 unspecified atom stereocenters.